The van der Waals surface area contributed by atoms with E-state index in [4.69, 9.17) is 5.73 Å². The van der Waals surface area contributed by atoms with E-state index in [0.29, 0.717) is 11.8 Å². The zero-order valence-electron chi connectivity index (χ0n) is 15.0. The molecule has 4 rings (SSSR count). The van der Waals surface area contributed by atoms with Crippen LogP contribution in [0.5, 0.6) is 0 Å². The molecule has 0 amide bonds. The number of hydrogen-bond donors (Lipinski definition) is 1. The Balaban J connectivity index is 0.00000131. The van der Waals surface area contributed by atoms with Gasteiger partial charge in [0.05, 0.1) is 0 Å². The minimum atomic E-state index is 0. The van der Waals surface area contributed by atoms with E-state index in [9.17, 15) is 0 Å². The lowest BCUT2D eigenvalue weighted by Crippen LogP contribution is -2.23. The van der Waals surface area contributed by atoms with E-state index in [1.54, 1.807) is 12.5 Å². The van der Waals surface area contributed by atoms with Gasteiger partial charge in [0.2, 0.25) is 0 Å². The number of halogens is 2. The molecule has 1 aromatic carbocycles. The molecule has 1 aliphatic heterocycles. The average Bonchev–Trinajstić information content (AvgIpc) is 3.33. The summed E-state index contributed by atoms with van der Waals surface area (Å²) in [6, 6.07) is 14.9. The first-order valence-corrected chi connectivity index (χ1v) is 8.74. The zero-order chi connectivity index (χ0) is 17.1. The van der Waals surface area contributed by atoms with E-state index in [0.717, 1.165) is 32.0 Å². The van der Waals surface area contributed by atoms with Gasteiger partial charge in [-0.15, -0.1) is 24.8 Å². The molecule has 0 radical (unpaired) electrons. The van der Waals surface area contributed by atoms with Crippen LogP contribution in [-0.2, 0) is 6.54 Å². The van der Waals surface area contributed by atoms with Crippen LogP contribution in [0.1, 0.15) is 17.0 Å². The monoisotopic (exact) mass is 405 g/mol. The van der Waals surface area contributed by atoms with Crippen molar-refractivity contribution in [3.05, 3.63) is 78.5 Å². The maximum atomic E-state index is 6.04. The van der Waals surface area contributed by atoms with Crippen LogP contribution in [0.3, 0.4) is 0 Å². The Bertz CT molecular complexity index is 793. The smallest absolute Gasteiger partial charge is 0.137 e. The highest BCUT2D eigenvalue weighted by Gasteiger charge is 2.32. The summed E-state index contributed by atoms with van der Waals surface area (Å²) in [7, 11) is 0. The minimum absolute atomic E-state index is 0. The van der Waals surface area contributed by atoms with Crippen LogP contribution < -0.4 is 5.73 Å². The van der Waals surface area contributed by atoms with Crippen LogP contribution in [-0.4, -0.2) is 39.1 Å². The molecular weight excluding hydrogens is 381 g/mol. The predicted molar refractivity (Wildman–Crippen MR) is 113 cm³/mol. The summed E-state index contributed by atoms with van der Waals surface area (Å²) in [4.78, 5) is 11.1. The Morgan fingerprint density at radius 2 is 1.85 bits per heavy atom. The highest BCUT2D eigenvalue weighted by molar-refractivity contribution is 5.85. The number of rotatable bonds is 5. The van der Waals surface area contributed by atoms with E-state index >= 15 is 0 Å². The van der Waals surface area contributed by atoms with Crippen LogP contribution in [0.25, 0.3) is 5.82 Å². The third-order valence-corrected chi connectivity index (χ3v) is 5.03. The van der Waals surface area contributed by atoms with Crippen molar-refractivity contribution in [2.45, 2.75) is 12.5 Å². The Hall–Kier alpha value is -1.92. The lowest BCUT2D eigenvalue weighted by Gasteiger charge is -2.17. The predicted octanol–water partition coefficient (Wildman–Crippen LogP) is 3.29. The van der Waals surface area contributed by atoms with Gasteiger partial charge in [0, 0.05) is 44.1 Å². The van der Waals surface area contributed by atoms with Crippen molar-refractivity contribution in [1.82, 2.24) is 19.4 Å². The molecule has 1 saturated heterocycles. The van der Waals surface area contributed by atoms with Gasteiger partial charge in [0.15, 0.2) is 0 Å². The summed E-state index contributed by atoms with van der Waals surface area (Å²) in [6.07, 6.45) is 7.39. The molecule has 0 unspecified atom stereocenters. The summed E-state index contributed by atoms with van der Waals surface area (Å²) in [5.74, 6) is 1.93. The van der Waals surface area contributed by atoms with Crippen molar-refractivity contribution in [3.63, 3.8) is 0 Å². The Labute approximate surface area is 172 Å². The third kappa shape index (κ3) is 4.87. The highest BCUT2D eigenvalue weighted by atomic mass is 35.5. The van der Waals surface area contributed by atoms with Crippen LogP contribution in [0.15, 0.2) is 67.4 Å². The van der Waals surface area contributed by atoms with Gasteiger partial charge < -0.3 is 5.73 Å². The van der Waals surface area contributed by atoms with Gasteiger partial charge in [-0.25, -0.2) is 9.97 Å². The highest BCUT2D eigenvalue weighted by Crippen LogP contribution is 2.32. The standard InChI is InChI=1S/C20H23N5.2ClH/c21-10-18-13-24(14-19(18)17-4-2-1-3-5-17)12-16-6-7-20(23-11-16)25-9-8-22-15-25;;/h1-9,11,15,18-19H,10,12-14,21H2;2*1H/t18-,19+;;/m1../s1. The number of aromatic nitrogens is 3. The van der Waals surface area contributed by atoms with Gasteiger partial charge in [0.25, 0.3) is 0 Å². The SMILES string of the molecule is Cl.Cl.NC[C@@H]1CN(Cc2ccc(-n3ccnc3)nc2)C[C@H]1c1ccccc1. The van der Waals surface area contributed by atoms with Crippen molar-refractivity contribution in [3.8, 4) is 5.82 Å². The second kappa shape index (κ2) is 9.85. The molecule has 2 atom stereocenters. The lowest BCUT2D eigenvalue weighted by molar-refractivity contribution is 0.316. The normalized spacial score (nSPS) is 19.3. The maximum Gasteiger partial charge on any atom is 0.137 e. The Morgan fingerprint density at radius 1 is 1.04 bits per heavy atom. The van der Waals surface area contributed by atoms with Gasteiger partial charge >= 0.3 is 0 Å². The van der Waals surface area contributed by atoms with Crippen molar-refractivity contribution < 1.29 is 0 Å². The number of nitrogens with zero attached hydrogens (tertiary/aromatic N) is 4. The first-order chi connectivity index (χ1) is 12.3. The molecule has 0 aliphatic carbocycles. The molecule has 0 spiro atoms. The molecule has 3 aromatic rings. The van der Waals surface area contributed by atoms with Crippen LogP contribution in [0.2, 0.25) is 0 Å². The number of imidazole rings is 1. The molecule has 1 aliphatic rings. The van der Waals surface area contributed by atoms with Crippen LogP contribution in [0, 0.1) is 5.92 Å². The second-order valence-electron chi connectivity index (χ2n) is 6.70. The summed E-state index contributed by atoms with van der Waals surface area (Å²) in [5, 5.41) is 0. The first-order valence-electron chi connectivity index (χ1n) is 8.74. The molecule has 27 heavy (non-hydrogen) atoms. The zero-order valence-corrected chi connectivity index (χ0v) is 16.6. The molecule has 2 N–H and O–H groups in total. The van der Waals surface area contributed by atoms with E-state index in [-0.39, 0.29) is 24.8 Å². The summed E-state index contributed by atoms with van der Waals surface area (Å²) < 4.78 is 1.91. The van der Waals surface area contributed by atoms with Gasteiger partial charge in [-0.3, -0.25) is 9.47 Å². The lowest BCUT2D eigenvalue weighted by atomic mass is 9.89. The topological polar surface area (TPSA) is 60.0 Å². The van der Waals surface area contributed by atoms with Crippen molar-refractivity contribution >= 4 is 24.8 Å². The summed E-state index contributed by atoms with van der Waals surface area (Å²) in [5.41, 5.74) is 8.67. The van der Waals surface area contributed by atoms with E-state index in [1.807, 2.05) is 23.0 Å². The quantitative estimate of drug-likeness (QED) is 0.707. The Morgan fingerprint density at radius 3 is 2.48 bits per heavy atom. The van der Waals surface area contributed by atoms with Crippen molar-refractivity contribution in [1.29, 1.82) is 0 Å². The molecule has 5 nitrogen and oxygen atoms in total. The molecule has 0 bridgehead atoms. The molecule has 2 aromatic heterocycles. The molecule has 3 heterocycles. The van der Waals surface area contributed by atoms with Gasteiger partial charge in [-0.05, 0) is 29.7 Å². The Kier molecular flexibility index (Phi) is 7.80. The van der Waals surface area contributed by atoms with Gasteiger partial charge in [0.1, 0.15) is 12.1 Å². The molecular formula is C20H25Cl2N5. The maximum absolute atomic E-state index is 6.04. The first kappa shape index (κ1) is 21.4. The second-order valence-corrected chi connectivity index (χ2v) is 6.70. The van der Waals surface area contributed by atoms with E-state index < -0.39 is 0 Å². The largest absolute Gasteiger partial charge is 0.330 e. The summed E-state index contributed by atoms with van der Waals surface area (Å²) in [6.45, 7) is 3.74. The molecule has 7 heteroatoms. The fraction of sp³-hybridized carbons (Fsp3) is 0.300. The number of likely N-dealkylation sites (tertiary alicyclic amines) is 1. The van der Waals surface area contributed by atoms with E-state index in [2.05, 4.69) is 51.3 Å². The number of benzene rings is 1. The fourth-order valence-electron chi connectivity index (χ4n) is 3.72. The number of pyridine rings is 1. The molecule has 0 saturated carbocycles. The van der Waals surface area contributed by atoms with Crippen LogP contribution in [0.4, 0.5) is 0 Å². The van der Waals surface area contributed by atoms with Crippen molar-refractivity contribution in [2.24, 2.45) is 11.7 Å². The number of hydrogen-bond acceptors (Lipinski definition) is 4. The van der Waals surface area contributed by atoms with E-state index in [1.165, 1.54) is 11.1 Å². The van der Waals surface area contributed by atoms with Gasteiger partial charge in [-0.1, -0.05) is 36.4 Å². The molecule has 144 valence electrons. The third-order valence-electron chi connectivity index (χ3n) is 5.03. The minimum Gasteiger partial charge on any atom is -0.330 e. The number of nitrogens with two attached hydrogens (primary N) is 1. The average molecular weight is 406 g/mol. The molecule has 1 fully saturated rings. The fourth-order valence-corrected chi connectivity index (χ4v) is 3.72. The van der Waals surface area contributed by atoms with Crippen LogP contribution >= 0.6 is 24.8 Å². The van der Waals surface area contributed by atoms with Crippen molar-refractivity contribution in [2.75, 3.05) is 19.6 Å². The van der Waals surface area contributed by atoms with Gasteiger partial charge in [-0.2, -0.15) is 0 Å². The summed E-state index contributed by atoms with van der Waals surface area (Å²) >= 11 is 0.